The molecule has 2 rings (SSSR count). The van der Waals surface area contributed by atoms with Gasteiger partial charge >= 0.3 is 0 Å². The van der Waals surface area contributed by atoms with Crippen molar-refractivity contribution in [3.8, 4) is 6.07 Å². The third-order valence-electron chi connectivity index (χ3n) is 2.43. The van der Waals surface area contributed by atoms with Crippen LogP contribution in [0, 0.1) is 25.2 Å². The summed E-state index contributed by atoms with van der Waals surface area (Å²) in [7, 11) is 0. The van der Waals surface area contributed by atoms with Gasteiger partial charge in [0.1, 0.15) is 17.5 Å². The average Bonchev–Trinajstić information content (AvgIpc) is 2.73. The molecule has 0 unspecified atom stereocenters. The molecule has 0 aliphatic heterocycles. The number of anilines is 1. The van der Waals surface area contributed by atoms with Crippen LogP contribution in [-0.4, -0.2) is 5.16 Å². The number of benzene rings is 1. The molecule has 86 valence electrons. The first-order valence-electron chi connectivity index (χ1n) is 5.36. The maximum absolute atomic E-state index is 9.02. The van der Waals surface area contributed by atoms with E-state index in [4.69, 9.17) is 9.78 Å². The summed E-state index contributed by atoms with van der Waals surface area (Å²) >= 11 is 0. The lowest BCUT2D eigenvalue weighted by molar-refractivity contribution is 0.391. The highest BCUT2D eigenvalue weighted by atomic mass is 16.5. The first-order valence-corrected chi connectivity index (χ1v) is 5.36. The first kappa shape index (κ1) is 11.2. The van der Waals surface area contributed by atoms with Gasteiger partial charge in [0.15, 0.2) is 0 Å². The molecule has 0 bridgehead atoms. The van der Waals surface area contributed by atoms with E-state index in [-0.39, 0.29) is 0 Å². The lowest BCUT2D eigenvalue weighted by Crippen LogP contribution is -2.01. The highest BCUT2D eigenvalue weighted by molar-refractivity contribution is 5.58. The molecule has 1 aromatic heterocycles. The zero-order valence-electron chi connectivity index (χ0n) is 9.82. The molecule has 0 aliphatic rings. The molecule has 2 aromatic rings. The van der Waals surface area contributed by atoms with Gasteiger partial charge in [-0.2, -0.15) is 5.26 Å². The van der Waals surface area contributed by atoms with Gasteiger partial charge in [0.25, 0.3) is 0 Å². The van der Waals surface area contributed by atoms with Crippen molar-refractivity contribution in [1.82, 2.24) is 5.16 Å². The van der Waals surface area contributed by atoms with Crippen LogP contribution >= 0.6 is 0 Å². The predicted octanol–water partition coefficient (Wildman–Crippen LogP) is 2.78. The summed E-state index contributed by atoms with van der Waals surface area (Å²) in [5, 5.41) is 16.1. The molecular formula is C13H13N3O. The zero-order chi connectivity index (χ0) is 12.3. The standard InChI is InChI=1S/C13H13N3O/c1-9-3-4-13(11(5-9)7-14)15-8-12-6-10(2)17-16-12/h3-6,15H,8H2,1-2H3. The fourth-order valence-corrected chi connectivity index (χ4v) is 1.59. The molecule has 0 aliphatic carbocycles. The van der Waals surface area contributed by atoms with Crippen molar-refractivity contribution in [2.45, 2.75) is 20.4 Å². The molecule has 4 heteroatoms. The van der Waals surface area contributed by atoms with Crippen molar-refractivity contribution in [2.75, 3.05) is 5.32 Å². The number of hydrogen-bond acceptors (Lipinski definition) is 4. The molecule has 0 spiro atoms. The monoisotopic (exact) mass is 227 g/mol. The maximum atomic E-state index is 9.02. The molecule has 4 nitrogen and oxygen atoms in total. The van der Waals surface area contributed by atoms with Crippen LogP contribution in [0.25, 0.3) is 0 Å². The van der Waals surface area contributed by atoms with Gasteiger partial charge in [-0.15, -0.1) is 0 Å². The number of aromatic nitrogens is 1. The Kier molecular flexibility index (Phi) is 3.10. The lowest BCUT2D eigenvalue weighted by Gasteiger charge is -2.06. The van der Waals surface area contributed by atoms with Crippen LogP contribution in [0.1, 0.15) is 22.6 Å². The number of nitrogens with one attached hydrogen (secondary N) is 1. The van der Waals surface area contributed by atoms with Gasteiger partial charge in [0, 0.05) is 6.07 Å². The van der Waals surface area contributed by atoms with Crippen molar-refractivity contribution in [3.05, 3.63) is 46.8 Å². The Morgan fingerprint density at radius 2 is 2.18 bits per heavy atom. The average molecular weight is 227 g/mol. The summed E-state index contributed by atoms with van der Waals surface area (Å²) in [6, 6.07) is 9.77. The van der Waals surface area contributed by atoms with Gasteiger partial charge in [-0.25, -0.2) is 0 Å². The fourth-order valence-electron chi connectivity index (χ4n) is 1.59. The molecule has 17 heavy (non-hydrogen) atoms. The SMILES string of the molecule is Cc1ccc(NCc2cc(C)on2)c(C#N)c1. The van der Waals surface area contributed by atoms with Crippen LogP contribution in [0.3, 0.4) is 0 Å². The van der Waals surface area contributed by atoms with Crippen LogP contribution in [-0.2, 0) is 6.54 Å². The van der Waals surface area contributed by atoms with E-state index in [1.165, 1.54) is 0 Å². The van der Waals surface area contributed by atoms with E-state index in [2.05, 4.69) is 16.5 Å². The van der Waals surface area contributed by atoms with Crippen LogP contribution < -0.4 is 5.32 Å². The lowest BCUT2D eigenvalue weighted by atomic mass is 10.1. The van der Waals surface area contributed by atoms with Crippen molar-refractivity contribution >= 4 is 5.69 Å². The third kappa shape index (κ3) is 2.64. The molecule has 1 N–H and O–H groups in total. The number of nitrogens with zero attached hydrogens (tertiary/aromatic N) is 2. The fraction of sp³-hybridized carbons (Fsp3) is 0.231. The quantitative estimate of drug-likeness (QED) is 0.875. The van der Waals surface area contributed by atoms with E-state index in [1.807, 2.05) is 38.1 Å². The van der Waals surface area contributed by atoms with Crippen molar-refractivity contribution < 1.29 is 4.52 Å². The Morgan fingerprint density at radius 3 is 2.82 bits per heavy atom. The van der Waals surface area contributed by atoms with Crippen LogP contribution in [0.5, 0.6) is 0 Å². The molecule has 0 fully saturated rings. The Bertz CT molecular complexity index is 566. The van der Waals surface area contributed by atoms with Crippen molar-refractivity contribution in [2.24, 2.45) is 0 Å². The van der Waals surface area contributed by atoms with Gasteiger partial charge in [-0.05, 0) is 31.5 Å². The van der Waals surface area contributed by atoms with Crippen molar-refractivity contribution in [3.63, 3.8) is 0 Å². The second-order valence-corrected chi connectivity index (χ2v) is 3.94. The molecular weight excluding hydrogens is 214 g/mol. The van der Waals surface area contributed by atoms with Gasteiger partial charge in [-0.3, -0.25) is 0 Å². The number of rotatable bonds is 3. The zero-order valence-corrected chi connectivity index (χ0v) is 9.82. The van der Waals surface area contributed by atoms with Gasteiger partial charge in [0.05, 0.1) is 17.8 Å². The Morgan fingerprint density at radius 1 is 1.35 bits per heavy atom. The van der Waals surface area contributed by atoms with E-state index in [0.717, 1.165) is 22.7 Å². The first-order chi connectivity index (χ1) is 8.19. The number of nitriles is 1. The van der Waals surface area contributed by atoms with Gasteiger partial charge in [0.2, 0.25) is 0 Å². The number of aryl methyl sites for hydroxylation is 2. The minimum Gasteiger partial charge on any atom is -0.378 e. The van der Waals surface area contributed by atoms with Crippen LogP contribution in [0.2, 0.25) is 0 Å². The van der Waals surface area contributed by atoms with Crippen molar-refractivity contribution in [1.29, 1.82) is 5.26 Å². The number of hydrogen-bond donors (Lipinski definition) is 1. The van der Waals surface area contributed by atoms with Gasteiger partial charge in [-0.1, -0.05) is 11.2 Å². The largest absolute Gasteiger partial charge is 0.378 e. The van der Waals surface area contributed by atoms with E-state index < -0.39 is 0 Å². The predicted molar refractivity (Wildman–Crippen MR) is 64.5 cm³/mol. The van der Waals surface area contributed by atoms with E-state index in [1.54, 1.807) is 0 Å². The minimum atomic E-state index is 0.551. The summed E-state index contributed by atoms with van der Waals surface area (Å²) in [4.78, 5) is 0. The van der Waals surface area contributed by atoms with E-state index in [0.29, 0.717) is 12.1 Å². The molecule has 0 saturated heterocycles. The Labute approximate surface area is 99.9 Å². The van der Waals surface area contributed by atoms with E-state index >= 15 is 0 Å². The Hall–Kier alpha value is -2.28. The highest BCUT2D eigenvalue weighted by Crippen LogP contribution is 2.17. The molecule has 0 saturated carbocycles. The second-order valence-electron chi connectivity index (χ2n) is 3.94. The molecule has 1 aromatic carbocycles. The summed E-state index contributed by atoms with van der Waals surface area (Å²) in [6.45, 7) is 4.36. The molecule has 0 atom stereocenters. The smallest absolute Gasteiger partial charge is 0.133 e. The Balaban J connectivity index is 2.12. The third-order valence-corrected chi connectivity index (χ3v) is 2.43. The molecule has 0 radical (unpaired) electrons. The summed E-state index contributed by atoms with van der Waals surface area (Å²) < 4.78 is 4.97. The van der Waals surface area contributed by atoms with Gasteiger partial charge < -0.3 is 9.84 Å². The topological polar surface area (TPSA) is 61.9 Å². The maximum Gasteiger partial charge on any atom is 0.133 e. The normalized spacial score (nSPS) is 9.94. The van der Waals surface area contributed by atoms with Crippen LogP contribution in [0.15, 0.2) is 28.8 Å². The summed E-state index contributed by atoms with van der Waals surface area (Å²) in [5.74, 6) is 0.784. The summed E-state index contributed by atoms with van der Waals surface area (Å²) in [5.41, 5.74) is 3.36. The highest BCUT2D eigenvalue weighted by Gasteiger charge is 2.04. The molecule has 0 amide bonds. The van der Waals surface area contributed by atoms with E-state index in [9.17, 15) is 0 Å². The summed E-state index contributed by atoms with van der Waals surface area (Å²) in [6.07, 6.45) is 0. The minimum absolute atomic E-state index is 0.551. The molecule has 1 heterocycles. The van der Waals surface area contributed by atoms with Crippen LogP contribution in [0.4, 0.5) is 5.69 Å². The second kappa shape index (κ2) is 4.71.